The largest absolute Gasteiger partial charge is 0.397 e. The highest BCUT2D eigenvalue weighted by atomic mass is 79.9. The Morgan fingerprint density at radius 1 is 1.53 bits per heavy atom. The van der Waals surface area contributed by atoms with E-state index < -0.39 is 5.82 Å². The standard InChI is InChI=1S/C13H19BrFN3O/c1-8(2)6-17-13(19)7-18(3)12-5-10(15)9(14)4-11(12)16/h4-5,8H,6-7,16H2,1-3H3,(H,17,19). The normalized spacial score (nSPS) is 10.6. The Hall–Kier alpha value is -1.30. The van der Waals surface area contributed by atoms with Gasteiger partial charge in [-0.2, -0.15) is 0 Å². The highest BCUT2D eigenvalue weighted by molar-refractivity contribution is 9.10. The molecule has 0 heterocycles. The van der Waals surface area contributed by atoms with Crippen LogP contribution in [0, 0.1) is 11.7 Å². The van der Waals surface area contributed by atoms with Crippen molar-refractivity contribution in [3.05, 3.63) is 22.4 Å². The maximum Gasteiger partial charge on any atom is 0.239 e. The number of nitrogen functional groups attached to an aromatic ring is 1. The van der Waals surface area contributed by atoms with Crippen LogP contribution in [0.15, 0.2) is 16.6 Å². The lowest BCUT2D eigenvalue weighted by molar-refractivity contribution is -0.119. The van der Waals surface area contributed by atoms with Crippen molar-refractivity contribution in [1.29, 1.82) is 0 Å². The van der Waals surface area contributed by atoms with Gasteiger partial charge in [-0.05, 0) is 27.9 Å². The van der Waals surface area contributed by atoms with Gasteiger partial charge in [0.05, 0.1) is 22.4 Å². The maximum absolute atomic E-state index is 13.5. The molecule has 0 aliphatic heterocycles. The van der Waals surface area contributed by atoms with Crippen LogP contribution in [0.5, 0.6) is 0 Å². The molecule has 0 bridgehead atoms. The first-order valence-corrected chi connectivity index (χ1v) is 6.83. The smallest absolute Gasteiger partial charge is 0.239 e. The number of benzene rings is 1. The van der Waals surface area contributed by atoms with Gasteiger partial charge in [0.15, 0.2) is 0 Å². The third kappa shape index (κ3) is 4.70. The Labute approximate surface area is 121 Å². The molecule has 0 aliphatic rings. The Balaban J connectivity index is 2.70. The molecule has 0 aliphatic carbocycles. The van der Waals surface area contributed by atoms with E-state index in [4.69, 9.17) is 5.73 Å². The predicted molar refractivity (Wildman–Crippen MR) is 79.6 cm³/mol. The van der Waals surface area contributed by atoms with Crippen molar-refractivity contribution >= 4 is 33.2 Å². The molecule has 1 rings (SSSR count). The van der Waals surface area contributed by atoms with Gasteiger partial charge in [-0.1, -0.05) is 13.8 Å². The fourth-order valence-corrected chi connectivity index (χ4v) is 1.92. The van der Waals surface area contributed by atoms with Crippen molar-refractivity contribution < 1.29 is 9.18 Å². The number of nitrogens with one attached hydrogen (secondary N) is 1. The summed E-state index contributed by atoms with van der Waals surface area (Å²) in [6.45, 7) is 4.80. The summed E-state index contributed by atoms with van der Waals surface area (Å²) in [7, 11) is 1.70. The van der Waals surface area contributed by atoms with Crippen LogP contribution in [0.3, 0.4) is 0 Å². The van der Waals surface area contributed by atoms with Gasteiger partial charge in [0, 0.05) is 19.7 Å². The van der Waals surface area contributed by atoms with E-state index in [1.165, 1.54) is 12.1 Å². The molecule has 0 radical (unpaired) electrons. The Kier molecular flexibility index (Phi) is 5.60. The van der Waals surface area contributed by atoms with E-state index >= 15 is 0 Å². The van der Waals surface area contributed by atoms with Gasteiger partial charge in [0.2, 0.25) is 5.91 Å². The minimum Gasteiger partial charge on any atom is -0.397 e. The molecule has 106 valence electrons. The number of hydrogen-bond acceptors (Lipinski definition) is 3. The third-order valence-corrected chi connectivity index (χ3v) is 3.18. The average molecular weight is 332 g/mol. The minimum atomic E-state index is -0.404. The average Bonchev–Trinajstić information content (AvgIpc) is 2.31. The van der Waals surface area contributed by atoms with E-state index in [9.17, 15) is 9.18 Å². The second kappa shape index (κ2) is 6.75. The molecule has 1 amide bonds. The number of likely N-dealkylation sites (N-methyl/N-ethyl adjacent to an activating group) is 1. The second-order valence-electron chi connectivity index (χ2n) is 4.88. The van der Waals surface area contributed by atoms with Crippen LogP contribution in [0.4, 0.5) is 15.8 Å². The summed E-state index contributed by atoms with van der Waals surface area (Å²) < 4.78 is 13.8. The van der Waals surface area contributed by atoms with Crippen LogP contribution >= 0.6 is 15.9 Å². The molecule has 0 unspecified atom stereocenters. The minimum absolute atomic E-state index is 0.112. The number of halogens is 2. The molecule has 0 saturated heterocycles. The van der Waals surface area contributed by atoms with Crippen molar-refractivity contribution in [2.75, 3.05) is 30.8 Å². The summed E-state index contributed by atoms with van der Waals surface area (Å²) in [5.74, 6) is -0.123. The molecular formula is C13H19BrFN3O. The van der Waals surface area contributed by atoms with E-state index in [1.54, 1.807) is 11.9 Å². The monoisotopic (exact) mass is 331 g/mol. The summed E-state index contributed by atoms with van der Waals surface area (Å²) in [6, 6.07) is 2.81. The zero-order valence-electron chi connectivity index (χ0n) is 11.3. The first-order valence-electron chi connectivity index (χ1n) is 6.03. The molecule has 0 spiro atoms. The summed E-state index contributed by atoms with van der Waals surface area (Å²) in [5, 5.41) is 2.80. The van der Waals surface area contributed by atoms with Gasteiger partial charge in [0.25, 0.3) is 0 Å². The number of rotatable bonds is 5. The SMILES string of the molecule is CC(C)CNC(=O)CN(C)c1cc(F)c(Br)cc1N. The van der Waals surface area contributed by atoms with Crippen LogP contribution in [-0.4, -0.2) is 26.0 Å². The zero-order valence-corrected chi connectivity index (χ0v) is 12.9. The summed E-state index contributed by atoms with van der Waals surface area (Å²) in [6.07, 6.45) is 0. The number of nitrogens with two attached hydrogens (primary N) is 1. The van der Waals surface area contributed by atoms with E-state index in [2.05, 4.69) is 21.2 Å². The predicted octanol–water partition coefficient (Wildman–Crippen LogP) is 2.38. The number of hydrogen-bond donors (Lipinski definition) is 2. The highest BCUT2D eigenvalue weighted by Crippen LogP contribution is 2.28. The van der Waals surface area contributed by atoms with Crippen molar-refractivity contribution in [3.8, 4) is 0 Å². The molecule has 0 fully saturated rings. The number of carbonyl (C=O) groups is 1. The molecule has 6 heteroatoms. The molecule has 1 aromatic rings. The highest BCUT2D eigenvalue weighted by Gasteiger charge is 2.13. The number of nitrogens with zero attached hydrogens (tertiary/aromatic N) is 1. The number of amides is 1. The van der Waals surface area contributed by atoms with Crippen LogP contribution in [0.1, 0.15) is 13.8 Å². The van der Waals surface area contributed by atoms with Crippen LogP contribution in [0.25, 0.3) is 0 Å². The van der Waals surface area contributed by atoms with E-state index in [0.29, 0.717) is 28.3 Å². The quantitative estimate of drug-likeness (QED) is 0.814. The van der Waals surface area contributed by atoms with Gasteiger partial charge in [-0.3, -0.25) is 4.79 Å². The Morgan fingerprint density at radius 3 is 2.74 bits per heavy atom. The summed E-state index contributed by atoms with van der Waals surface area (Å²) in [5.41, 5.74) is 6.74. The molecule has 4 nitrogen and oxygen atoms in total. The van der Waals surface area contributed by atoms with Gasteiger partial charge in [-0.25, -0.2) is 4.39 Å². The molecule has 19 heavy (non-hydrogen) atoms. The second-order valence-corrected chi connectivity index (χ2v) is 5.73. The lowest BCUT2D eigenvalue weighted by atomic mass is 10.2. The van der Waals surface area contributed by atoms with Crippen molar-refractivity contribution in [1.82, 2.24) is 5.32 Å². The van der Waals surface area contributed by atoms with Gasteiger partial charge in [-0.15, -0.1) is 0 Å². The Morgan fingerprint density at radius 2 is 2.16 bits per heavy atom. The van der Waals surface area contributed by atoms with Gasteiger partial charge < -0.3 is 16.0 Å². The fraction of sp³-hybridized carbons (Fsp3) is 0.462. The van der Waals surface area contributed by atoms with Crippen LogP contribution < -0.4 is 16.0 Å². The van der Waals surface area contributed by atoms with Gasteiger partial charge >= 0.3 is 0 Å². The van der Waals surface area contributed by atoms with Crippen LogP contribution in [0.2, 0.25) is 0 Å². The van der Waals surface area contributed by atoms with E-state index in [0.717, 1.165) is 0 Å². The molecular weight excluding hydrogens is 313 g/mol. The Bertz CT molecular complexity index is 465. The summed E-state index contributed by atoms with van der Waals surface area (Å²) in [4.78, 5) is 13.3. The molecule has 0 saturated carbocycles. The van der Waals surface area contributed by atoms with Gasteiger partial charge in [0.1, 0.15) is 5.82 Å². The number of carbonyl (C=O) groups excluding carboxylic acids is 1. The lowest BCUT2D eigenvalue weighted by Crippen LogP contribution is -2.37. The first-order chi connectivity index (χ1) is 8.81. The lowest BCUT2D eigenvalue weighted by Gasteiger charge is -2.21. The molecule has 1 aromatic carbocycles. The maximum atomic E-state index is 13.5. The van der Waals surface area contributed by atoms with E-state index in [-0.39, 0.29) is 12.5 Å². The summed E-state index contributed by atoms with van der Waals surface area (Å²) >= 11 is 3.07. The first kappa shape index (κ1) is 15.8. The van der Waals surface area contributed by atoms with Crippen molar-refractivity contribution in [3.63, 3.8) is 0 Å². The van der Waals surface area contributed by atoms with E-state index in [1.807, 2.05) is 13.8 Å². The number of anilines is 2. The van der Waals surface area contributed by atoms with Crippen molar-refractivity contribution in [2.45, 2.75) is 13.8 Å². The molecule has 0 atom stereocenters. The molecule has 0 aromatic heterocycles. The van der Waals surface area contributed by atoms with Crippen molar-refractivity contribution in [2.24, 2.45) is 5.92 Å². The zero-order chi connectivity index (χ0) is 14.6. The van der Waals surface area contributed by atoms with Crippen LogP contribution in [-0.2, 0) is 4.79 Å². The topological polar surface area (TPSA) is 58.4 Å². The third-order valence-electron chi connectivity index (χ3n) is 2.57. The molecule has 3 N–H and O–H groups in total. The fourth-order valence-electron chi connectivity index (χ4n) is 1.56.